The fraction of sp³-hybridized carbons (Fsp3) is 0.654. The summed E-state index contributed by atoms with van der Waals surface area (Å²) in [6.07, 6.45) is 1.94. The number of benzene rings is 1. The molecular weight excluding hydrogens is 470 g/mol. The number of fused-ring (bicyclic) bond motifs is 1. The smallest absolute Gasteiger partial charge is 0.330 e. The Balaban J connectivity index is 1.33. The lowest BCUT2D eigenvalue weighted by Gasteiger charge is -2.44. The van der Waals surface area contributed by atoms with Crippen molar-refractivity contribution in [3.8, 4) is 11.5 Å². The second kappa shape index (κ2) is 12.4. The molecule has 7 unspecified atom stereocenters. The second-order valence-corrected chi connectivity index (χ2v) is 9.69. The summed E-state index contributed by atoms with van der Waals surface area (Å²) in [5.41, 5.74) is 0.668. The maximum Gasteiger partial charge on any atom is 0.330 e. The molecule has 0 aromatic heterocycles. The first kappa shape index (κ1) is 26.8. The third kappa shape index (κ3) is 6.19. The van der Waals surface area contributed by atoms with E-state index in [2.05, 4.69) is 4.90 Å². The van der Waals surface area contributed by atoms with Crippen LogP contribution in [0.4, 0.5) is 0 Å². The number of aliphatic hydroxyl groups is 4. The largest absolute Gasteiger partial charge is 0.493 e. The van der Waals surface area contributed by atoms with Gasteiger partial charge in [-0.15, -0.1) is 0 Å². The van der Waals surface area contributed by atoms with Gasteiger partial charge < -0.3 is 39.4 Å². The van der Waals surface area contributed by atoms with E-state index >= 15 is 0 Å². The van der Waals surface area contributed by atoms with Gasteiger partial charge in [-0.3, -0.25) is 4.90 Å². The first-order valence-corrected chi connectivity index (χ1v) is 12.7. The van der Waals surface area contributed by atoms with Crippen molar-refractivity contribution in [2.24, 2.45) is 5.92 Å². The van der Waals surface area contributed by atoms with Crippen LogP contribution in [-0.2, 0) is 14.3 Å². The predicted molar refractivity (Wildman–Crippen MR) is 129 cm³/mol. The maximum absolute atomic E-state index is 12.4. The number of rotatable bonds is 8. The molecule has 1 aromatic carbocycles. The molecular formula is C26H37NO9. The monoisotopic (exact) mass is 507 g/mol. The molecule has 0 radical (unpaired) electrons. The molecule has 200 valence electrons. The Labute approximate surface area is 211 Å². The van der Waals surface area contributed by atoms with E-state index in [1.165, 1.54) is 32.4 Å². The molecule has 3 aliphatic heterocycles. The minimum atomic E-state index is -1.55. The van der Waals surface area contributed by atoms with E-state index in [0.717, 1.165) is 25.9 Å². The van der Waals surface area contributed by atoms with Crippen LogP contribution in [0.1, 0.15) is 37.7 Å². The Morgan fingerprint density at radius 3 is 2.67 bits per heavy atom. The summed E-state index contributed by atoms with van der Waals surface area (Å²) < 4.78 is 22.0. The minimum Gasteiger partial charge on any atom is -0.493 e. The summed E-state index contributed by atoms with van der Waals surface area (Å²) in [5, 5.41) is 39.4. The van der Waals surface area contributed by atoms with Crippen molar-refractivity contribution in [1.82, 2.24) is 4.90 Å². The van der Waals surface area contributed by atoms with Crippen molar-refractivity contribution in [3.63, 3.8) is 0 Å². The summed E-state index contributed by atoms with van der Waals surface area (Å²) in [5.74, 6) is 0.511. The lowest BCUT2D eigenvalue weighted by Crippen LogP contribution is -2.60. The van der Waals surface area contributed by atoms with Crippen molar-refractivity contribution in [3.05, 3.63) is 29.8 Å². The summed E-state index contributed by atoms with van der Waals surface area (Å²) in [4.78, 5) is 14.9. The molecule has 0 amide bonds. The molecule has 10 heteroatoms. The summed E-state index contributed by atoms with van der Waals surface area (Å²) >= 11 is 0. The van der Waals surface area contributed by atoms with Crippen LogP contribution >= 0.6 is 0 Å². The summed E-state index contributed by atoms with van der Waals surface area (Å²) in [6, 6.07) is 5.42. The fourth-order valence-electron chi connectivity index (χ4n) is 5.35. The lowest BCUT2D eigenvalue weighted by molar-refractivity contribution is -0.277. The molecule has 4 N–H and O–H groups in total. The van der Waals surface area contributed by atoms with Crippen LogP contribution < -0.4 is 9.47 Å². The normalized spacial score (nSPS) is 33.2. The van der Waals surface area contributed by atoms with Crippen LogP contribution in [0.3, 0.4) is 0 Å². The van der Waals surface area contributed by atoms with Crippen molar-refractivity contribution in [1.29, 1.82) is 0 Å². The Morgan fingerprint density at radius 2 is 1.89 bits per heavy atom. The van der Waals surface area contributed by atoms with Crippen LogP contribution in [-0.4, -0.2) is 101 Å². The van der Waals surface area contributed by atoms with Crippen LogP contribution in [0, 0.1) is 5.92 Å². The molecule has 0 aliphatic carbocycles. The number of methoxy groups -OCH3 is 1. The molecule has 1 aromatic rings. The van der Waals surface area contributed by atoms with Gasteiger partial charge in [0.1, 0.15) is 24.4 Å². The molecule has 10 nitrogen and oxygen atoms in total. The summed E-state index contributed by atoms with van der Waals surface area (Å²) in [7, 11) is 1.44. The van der Waals surface area contributed by atoms with E-state index in [1.807, 2.05) is 0 Å². The van der Waals surface area contributed by atoms with E-state index in [9.17, 15) is 25.2 Å². The molecule has 4 rings (SSSR count). The number of ether oxygens (including phenoxy) is 4. The van der Waals surface area contributed by atoms with Gasteiger partial charge in [-0.25, -0.2) is 4.79 Å². The zero-order chi connectivity index (χ0) is 25.7. The van der Waals surface area contributed by atoms with E-state index in [0.29, 0.717) is 29.9 Å². The molecule has 0 saturated carbocycles. The Bertz CT molecular complexity index is 905. The molecule has 0 bridgehead atoms. The van der Waals surface area contributed by atoms with Crippen LogP contribution in [0.5, 0.6) is 11.5 Å². The molecule has 3 fully saturated rings. The van der Waals surface area contributed by atoms with Gasteiger partial charge in [0.25, 0.3) is 0 Å². The maximum atomic E-state index is 12.4. The van der Waals surface area contributed by atoms with Crippen molar-refractivity contribution in [2.45, 2.75) is 68.9 Å². The van der Waals surface area contributed by atoms with Crippen molar-refractivity contribution >= 4 is 12.0 Å². The Morgan fingerprint density at radius 1 is 1.08 bits per heavy atom. The zero-order valence-corrected chi connectivity index (χ0v) is 20.6. The van der Waals surface area contributed by atoms with Gasteiger partial charge in [-0.1, -0.05) is 12.5 Å². The SMILES string of the molecule is COc1cc(C=CC(=O)OCC2CCCN3CCCCC23)ccc1OC1OC(CO)C(O)C(O)C1O. The molecule has 3 heterocycles. The highest BCUT2D eigenvalue weighted by Crippen LogP contribution is 2.33. The first-order chi connectivity index (χ1) is 17.4. The number of hydrogen-bond donors (Lipinski definition) is 4. The van der Waals surface area contributed by atoms with Gasteiger partial charge >= 0.3 is 5.97 Å². The Kier molecular flexibility index (Phi) is 9.21. The average Bonchev–Trinajstić information content (AvgIpc) is 2.91. The van der Waals surface area contributed by atoms with E-state index < -0.39 is 43.3 Å². The van der Waals surface area contributed by atoms with Crippen LogP contribution in [0.2, 0.25) is 0 Å². The fourth-order valence-corrected chi connectivity index (χ4v) is 5.35. The standard InChI is InChI=1S/C26H37NO9/c1-33-20-13-16(7-9-19(20)35-26-25(32)24(31)23(30)21(14-28)36-26)8-10-22(29)34-15-17-5-4-12-27-11-3-2-6-18(17)27/h7-10,13,17-18,21,23-26,28,30-32H,2-6,11-12,14-15H2,1H3. The van der Waals surface area contributed by atoms with E-state index in [4.69, 9.17) is 18.9 Å². The van der Waals surface area contributed by atoms with Crippen LogP contribution in [0.15, 0.2) is 24.3 Å². The summed E-state index contributed by atoms with van der Waals surface area (Å²) in [6.45, 7) is 2.17. The van der Waals surface area contributed by atoms with Gasteiger partial charge in [-0.05, 0) is 62.5 Å². The van der Waals surface area contributed by atoms with Gasteiger partial charge in [0, 0.05) is 18.0 Å². The minimum absolute atomic E-state index is 0.218. The number of aliphatic hydroxyl groups excluding tert-OH is 4. The molecule has 0 spiro atoms. The number of piperidine rings is 2. The van der Waals surface area contributed by atoms with Gasteiger partial charge in [0.2, 0.25) is 6.29 Å². The van der Waals surface area contributed by atoms with Gasteiger partial charge in [0.05, 0.1) is 20.3 Å². The second-order valence-electron chi connectivity index (χ2n) is 9.69. The van der Waals surface area contributed by atoms with E-state index in [1.54, 1.807) is 24.3 Å². The quantitative estimate of drug-likeness (QED) is 0.294. The van der Waals surface area contributed by atoms with Crippen molar-refractivity contribution < 1.29 is 44.2 Å². The first-order valence-electron chi connectivity index (χ1n) is 12.7. The molecule has 3 saturated heterocycles. The lowest BCUT2D eigenvalue weighted by atomic mass is 9.84. The number of esters is 1. The highest BCUT2D eigenvalue weighted by atomic mass is 16.7. The van der Waals surface area contributed by atoms with Crippen LogP contribution in [0.25, 0.3) is 6.08 Å². The third-order valence-corrected chi connectivity index (χ3v) is 7.36. The van der Waals surface area contributed by atoms with Crippen molar-refractivity contribution in [2.75, 3.05) is 33.4 Å². The van der Waals surface area contributed by atoms with E-state index in [-0.39, 0.29) is 5.75 Å². The number of carbonyl (C=O) groups excluding carboxylic acids is 1. The number of carbonyl (C=O) groups is 1. The third-order valence-electron chi connectivity index (χ3n) is 7.36. The average molecular weight is 508 g/mol. The van der Waals surface area contributed by atoms with Gasteiger partial charge in [-0.2, -0.15) is 0 Å². The topological polar surface area (TPSA) is 138 Å². The van der Waals surface area contributed by atoms with Gasteiger partial charge in [0.15, 0.2) is 11.5 Å². The highest BCUT2D eigenvalue weighted by Gasteiger charge is 2.45. The predicted octanol–water partition coefficient (Wildman–Crippen LogP) is 0.695. The molecule has 36 heavy (non-hydrogen) atoms. The number of hydrogen-bond acceptors (Lipinski definition) is 10. The zero-order valence-electron chi connectivity index (χ0n) is 20.6. The Hall–Kier alpha value is -2.21. The molecule has 7 atom stereocenters. The number of nitrogens with zero attached hydrogens (tertiary/aromatic N) is 1. The molecule has 3 aliphatic rings. The highest BCUT2D eigenvalue weighted by molar-refractivity contribution is 5.87.